The minimum absolute atomic E-state index is 0.0315. The molecule has 1 unspecified atom stereocenters. The van der Waals surface area contributed by atoms with Crippen molar-refractivity contribution in [3.63, 3.8) is 0 Å². The highest BCUT2D eigenvalue weighted by Gasteiger charge is 2.18. The van der Waals surface area contributed by atoms with Gasteiger partial charge in [0.15, 0.2) is 0 Å². The van der Waals surface area contributed by atoms with Crippen LogP contribution in [0.25, 0.3) is 0 Å². The predicted octanol–water partition coefficient (Wildman–Crippen LogP) is 2.09. The monoisotopic (exact) mass is 280 g/mol. The number of nitrogens with zero attached hydrogens (tertiary/aromatic N) is 1. The molecule has 0 spiro atoms. The normalized spacial score (nSPS) is 11.8. The molecular weight excluding hydrogens is 259 g/mol. The molecule has 1 rings (SSSR count). The van der Waals surface area contributed by atoms with Crippen LogP contribution in [0.3, 0.4) is 0 Å². The Balaban J connectivity index is 2.49. The minimum atomic E-state index is -0.306. The number of halogens is 1. The predicted molar refractivity (Wildman–Crippen MR) is 75.4 cm³/mol. The molecule has 1 aromatic carbocycles. The summed E-state index contributed by atoms with van der Waals surface area (Å²) in [7, 11) is 0. The molecule has 0 aromatic heterocycles. The van der Waals surface area contributed by atoms with Gasteiger partial charge in [-0.25, -0.2) is 4.39 Å². The summed E-state index contributed by atoms with van der Waals surface area (Å²) < 4.78 is 12.7. The van der Waals surface area contributed by atoms with Crippen molar-refractivity contribution in [2.75, 3.05) is 6.54 Å². The maximum atomic E-state index is 12.7. The van der Waals surface area contributed by atoms with E-state index in [9.17, 15) is 14.0 Å². The third-order valence-electron chi connectivity index (χ3n) is 3.24. The van der Waals surface area contributed by atoms with Crippen LogP contribution >= 0.6 is 0 Å². The second kappa shape index (κ2) is 7.62. The van der Waals surface area contributed by atoms with E-state index in [0.29, 0.717) is 6.54 Å². The quantitative estimate of drug-likeness (QED) is 0.867. The van der Waals surface area contributed by atoms with E-state index in [1.807, 2.05) is 13.8 Å². The van der Waals surface area contributed by atoms with Crippen molar-refractivity contribution < 1.29 is 14.0 Å². The highest BCUT2D eigenvalue weighted by Crippen LogP contribution is 2.04. The highest BCUT2D eigenvalue weighted by atomic mass is 19.1. The first-order chi connectivity index (χ1) is 9.43. The summed E-state index contributed by atoms with van der Waals surface area (Å²) in [5.74, 6) is -0.638. The number of benzene rings is 1. The fraction of sp³-hybridized carbons (Fsp3) is 0.467. The van der Waals surface area contributed by atoms with Crippen molar-refractivity contribution in [2.24, 2.45) is 0 Å². The molecule has 5 heteroatoms. The summed E-state index contributed by atoms with van der Waals surface area (Å²) in [6.45, 7) is 5.71. The van der Waals surface area contributed by atoms with Gasteiger partial charge in [0.2, 0.25) is 11.8 Å². The van der Waals surface area contributed by atoms with Gasteiger partial charge >= 0.3 is 0 Å². The zero-order valence-electron chi connectivity index (χ0n) is 12.1. The Morgan fingerprint density at radius 2 is 1.90 bits per heavy atom. The van der Waals surface area contributed by atoms with Gasteiger partial charge in [0.25, 0.3) is 0 Å². The van der Waals surface area contributed by atoms with E-state index in [1.54, 1.807) is 17.0 Å². The highest BCUT2D eigenvalue weighted by molar-refractivity contribution is 5.83. The van der Waals surface area contributed by atoms with Crippen molar-refractivity contribution in [1.29, 1.82) is 0 Å². The maximum absolute atomic E-state index is 12.7. The first kappa shape index (κ1) is 16.1. The lowest BCUT2D eigenvalue weighted by atomic mass is 10.2. The van der Waals surface area contributed by atoms with Gasteiger partial charge in [-0.3, -0.25) is 9.59 Å². The molecule has 110 valence electrons. The summed E-state index contributed by atoms with van der Waals surface area (Å²) in [6.07, 6.45) is 0.796. The van der Waals surface area contributed by atoms with E-state index in [2.05, 4.69) is 5.32 Å². The Hall–Kier alpha value is -1.91. The molecule has 0 aliphatic heterocycles. The van der Waals surface area contributed by atoms with Crippen LogP contribution in [0.2, 0.25) is 0 Å². The average molecular weight is 280 g/mol. The van der Waals surface area contributed by atoms with Crippen LogP contribution in [0.5, 0.6) is 0 Å². The van der Waals surface area contributed by atoms with Crippen molar-refractivity contribution >= 4 is 11.8 Å². The Morgan fingerprint density at radius 3 is 2.40 bits per heavy atom. The molecule has 20 heavy (non-hydrogen) atoms. The Bertz CT molecular complexity index is 459. The molecule has 0 radical (unpaired) electrons. The lowest BCUT2D eigenvalue weighted by Crippen LogP contribution is -2.44. The molecule has 1 aromatic rings. The van der Waals surface area contributed by atoms with Crippen LogP contribution < -0.4 is 5.32 Å². The van der Waals surface area contributed by atoms with Gasteiger partial charge in [-0.1, -0.05) is 19.1 Å². The van der Waals surface area contributed by atoms with Gasteiger partial charge in [-0.05, 0) is 31.0 Å². The topological polar surface area (TPSA) is 49.4 Å². The number of carbonyl (C=O) groups is 2. The van der Waals surface area contributed by atoms with Crippen LogP contribution in [0.15, 0.2) is 24.3 Å². The van der Waals surface area contributed by atoms with Gasteiger partial charge in [-0.15, -0.1) is 0 Å². The van der Waals surface area contributed by atoms with E-state index >= 15 is 0 Å². The first-order valence-corrected chi connectivity index (χ1v) is 6.72. The van der Waals surface area contributed by atoms with E-state index in [-0.39, 0.29) is 30.2 Å². The second-order valence-electron chi connectivity index (χ2n) is 4.81. The SMILES string of the molecule is CCC(C)N(CC(=O)NCc1ccc(F)cc1)C(C)=O. The molecule has 0 aliphatic carbocycles. The van der Waals surface area contributed by atoms with Gasteiger partial charge in [-0.2, -0.15) is 0 Å². The van der Waals surface area contributed by atoms with E-state index in [1.165, 1.54) is 19.1 Å². The molecule has 1 N–H and O–H groups in total. The largest absolute Gasteiger partial charge is 0.350 e. The van der Waals surface area contributed by atoms with Crippen LogP contribution in [0.4, 0.5) is 4.39 Å². The van der Waals surface area contributed by atoms with E-state index in [4.69, 9.17) is 0 Å². The van der Waals surface area contributed by atoms with E-state index < -0.39 is 0 Å². The van der Waals surface area contributed by atoms with Gasteiger partial charge in [0.1, 0.15) is 5.82 Å². The fourth-order valence-corrected chi connectivity index (χ4v) is 1.81. The summed E-state index contributed by atoms with van der Waals surface area (Å²) in [6, 6.07) is 5.97. The lowest BCUT2D eigenvalue weighted by molar-refractivity contribution is -0.136. The Labute approximate surface area is 119 Å². The smallest absolute Gasteiger partial charge is 0.239 e. The minimum Gasteiger partial charge on any atom is -0.350 e. The first-order valence-electron chi connectivity index (χ1n) is 6.72. The third kappa shape index (κ3) is 4.99. The van der Waals surface area contributed by atoms with Crippen LogP contribution in [0.1, 0.15) is 32.8 Å². The van der Waals surface area contributed by atoms with Gasteiger partial charge < -0.3 is 10.2 Å². The zero-order chi connectivity index (χ0) is 15.1. The molecule has 0 saturated heterocycles. The summed E-state index contributed by atoms with van der Waals surface area (Å²) in [5.41, 5.74) is 0.817. The standard InChI is InChI=1S/C15H21FN2O2/c1-4-11(2)18(12(3)19)10-15(20)17-9-13-5-7-14(16)8-6-13/h5-8,11H,4,9-10H2,1-3H3,(H,17,20). The Morgan fingerprint density at radius 1 is 1.30 bits per heavy atom. The van der Waals surface area contributed by atoms with Crippen LogP contribution in [0, 0.1) is 5.82 Å². The number of carbonyl (C=O) groups excluding carboxylic acids is 2. The molecule has 0 bridgehead atoms. The summed E-state index contributed by atoms with van der Waals surface area (Å²) in [5, 5.41) is 2.73. The zero-order valence-corrected chi connectivity index (χ0v) is 12.1. The second-order valence-corrected chi connectivity index (χ2v) is 4.81. The Kier molecular flexibility index (Phi) is 6.15. The molecule has 0 aliphatic rings. The fourth-order valence-electron chi connectivity index (χ4n) is 1.81. The van der Waals surface area contributed by atoms with Crippen LogP contribution in [-0.2, 0) is 16.1 Å². The number of amides is 2. The van der Waals surface area contributed by atoms with Crippen molar-refractivity contribution in [3.8, 4) is 0 Å². The van der Waals surface area contributed by atoms with Gasteiger partial charge in [0, 0.05) is 19.5 Å². The summed E-state index contributed by atoms with van der Waals surface area (Å²) >= 11 is 0. The number of hydrogen-bond donors (Lipinski definition) is 1. The van der Waals surface area contributed by atoms with Crippen molar-refractivity contribution in [3.05, 3.63) is 35.6 Å². The van der Waals surface area contributed by atoms with Crippen LogP contribution in [-0.4, -0.2) is 29.3 Å². The lowest BCUT2D eigenvalue weighted by Gasteiger charge is -2.26. The number of nitrogens with one attached hydrogen (secondary N) is 1. The average Bonchev–Trinajstić information content (AvgIpc) is 2.43. The number of hydrogen-bond acceptors (Lipinski definition) is 2. The molecule has 2 amide bonds. The molecule has 1 atom stereocenters. The van der Waals surface area contributed by atoms with Crippen molar-refractivity contribution in [1.82, 2.24) is 10.2 Å². The number of rotatable bonds is 6. The van der Waals surface area contributed by atoms with Gasteiger partial charge in [0.05, 0.1) is 6.54 Å². The van der Waals surface area contributed by atoms with Crippen molar-refractivity contribution in [2.45, 2.75) is 39.8 Å². The molecule has 0 heterocycles. The molecule has 4 nitrogen and oxygen atoms in total. The molecular formula is C15H21FN2O2. The van der Waals surface area contributed by atoms with E-state index in [0.717, 1.165) is 12.0 Å². The maximum Gasteiger partial charge on any atom is 0.239 e. The summed E-state index contributed by atoms with van der Waals surface area (Å²) in [4.78, 5) is 24.9. The molecule has 0 saturated carbocycles. The molecule has 0 fully saturated rings. The third-order valence-corrected chi connectivity index (χ3v) is 3.24.